The normalized spacial score (nSPS) is 16.4. The predicted octanol–water partition coefficient (Wildman–Crippen LogP) is 2.60. The lowest BCUT2D eigenvalue weighted by Crippen LogP contribution is -2.39. The number of hydrogen-bond acceptors (Lipinski definition) is 8. The summed E-state index contributed by atoms with van der Waals surface area (Å²) in [4.78, 5) is 22.6. The van der Waals surface area contributed by atoms with E-state index in [1.54, 1.807) is 4.90 Å². The summed E-state index contributed by atoms with van der Waals surface area (Å²) in [5.41, 5.74) is 0.798. The molecule has 10 heteroatoms. The number of carbonyl (C=O) groups excluding carboxylic acids is 1. The first-order valence-corrected chi connectivity index (χ1v) is 12.1. The van der Waals surface area contributed by atoms with Crippen LogP contribution in [0.2, 0.25) is 0 Å². The SMILES string of the molecule is CCOc1cccc2sc(N(CCCN3CCOCC3)C(=O)c3nnc4n3CCC4)nc12. The summed E-state index contributed by atoms with van der Waals surface area (Å²) < 4.78 is 14.2. The van der Waals surface area contributed by atoms with E-state index in [4.69, 9.17) is 14.5 Å². The van der Waals surface area contributed by atoms with Gasteiger partial charge in [0.2, 0.25) is 5.82 Å². The Labute approximate surface area is 190 Å². The second-order valence-corrected chi connectivity index (χ2v) is 9.00. The molecule has 0 aliphatic carbocycles. The van der Waals surface area contributed by atoms with E-state index in [1.165, 1.54) is 11.3 Å². The molecular weight excluding hydrogens is 428 g/mol. The first kappa shape index (κ1) is 21.3. The molecule has 1 aromatic carbocycles. The molecule has 0 bridgehead atoms. The molecule has 170 valence electrons. The van der Waals surface area contributed by atoms with E-state index in [0.29, 0.717) is 24.1 Å². The summed E-state index contributed by atoms with van der Waals surface area (Å²) in [6, 6.07) is 5.90. The number of benzene rings is 1. The van der Waals surface area contributed by atoms with Gasteiger partial charge in [-0.15, -0.1) is 10.2 Å². The average molecular weight is 457 g/mol. The van der Waals surface area contributed by atoms with Crippen molar-refractivity contribution in [3.05, 3.63) is 29.8 Å². The van der Waals surface area contributed by atoms with Crippen LogP contribution in [-0.2, 0) is 17.7 Å². The maximum atomic E-state index is 13.6. The minimum Gasteiger partial charge on any atom is -0.492 e. The van der Waals surface area contributed by atoms with Crippen LogP contribution in [0.4, 0.5) is 5.13 Å². The molecule has 0 spiro atoms. The summed E-state index contributed by atoms with van der Waals surface area (Å²) in [6.45, 7) is 8.22. The van der Waals surface area contributed by atoms with Gasteiger partial charge in [0, 0.05) is 39.1 Å². The minimum absolute atomic E-state index is 0.135. The van der Waals surface area contributed by atoms with Gasteiger partial charge >= 0.3 is 0 Å². The minimum atomic E-state index is -0.135. The van der Waals surface area contributed by atoms with E-state index in [2.05, 4.69) is 15.1 Å². The van der Waals surface area contributed by atoms with Crippen molar-refractivity contribution in [3.63, 3.8) is 0 Å². The fourth-order valence-corrected chi connectivity index (χ4v) is 5.30. The molecule has 0 radical (unpaired) electrons. The zero-order valence-corrected chi connectivity index (χ0v) is 19.1. The van der Waals surface area contributed by atoms with Crippen molar-refractivity contribution >= 4 is 32.6 Å². The second-order valence-electron chi connectivity index (χ2n) is 7.99. The standard InChI is InChI=1S/C22H28N6O3S/c1-2-31-16-6-3-7-17-19(16)23-22(32-17)28(11-5-9-26-12-14-30-15-13-26)21(29)20-25-24-18-8-4-10-27(18)20/h3,6-7H,2,4-5,8-15H2,1H3. The molecule has 0 N–H and O–H groups in total. The molecule has 4 heterocycles. The number of aromatic nitrogens is 4. The van der Waals surface area contributed by atoms with Crippen molar-refractivity contribution < 1.29 is 14.3 Å². The van der Waals surface area contributed by atoms with Gasteiger partial charge < -0.3 is 14.0 Å². The summed E-state index contributed by atoms with van der Waals surface area (Å²) in [7, 11) is 0. The molecule has 3 aromatic rings. The number of nitrogens with zero attached hydrogens (tertiary/aromatic N) is 6. The van der Waals surface area contributed by atoms with Gasteiger partial charge in [0.05, 0.1) is 24.5 Å². The lowest BCUT2D eigenvalue weighted by Gasteiger charge is -2.27. The second kappa shape index (κ2) is 9.51. The monoisotopic (exact) mass is 456 g/mol. The lowest BCUT2D eigenvalue weighted by atomic mass is 10.3. The Morgan fingerprint density at radius 2 is 2.12 bits per heavy atom. The largest absolute Gasteiger partial charge is 0.492 e. The Bertz CT molecular complexity index is 1090. The number of rotatable bonds is 8. The highest BCUT2D eigenvalue weighted by atomic mass is 32.1. The summed E-state index contributed by atoms with van der Waals surface area (Å²) in [5, 5.41) is 9.14. The van der Waals surface area contributed by atoms with Gasteiger partial charge in [0.15, 0.2) is 5.13 Å². The third-order valence-corrected chi connectivity index (χ3v) is 6.95. The Morgan fingerprint density at radius 1 is 1.25 bits per heavy atom. The predicted molar refractivity (Wildman–Crippen MR) is 123 cm³/mol. The summed E-state index contributed by atoms with van der Waals surface area (Å²) >= 11 is 1.51. The molecule has 32 heavy (non-hydrogen) atoms. The maximum absolute atomic E-state index is 13.6. The number of amides is 1. The van der Waals surface area contributed by atoms with Crippen molar-refractivity contribution in [1.29, 1.82) is 0 Å². The number of morpholine rings is 1. The third kappa shape index (κ3) is 4.22. The third-order valence-electron chi connectivity index (χ3n) is 5.91. The molecule has 0 saturated carbocycles. The number of thiazole rings is 1. The summed E-state index contributed by atoms with van der Waals surface area (Å²) in [5.74, 6) is 1.92. The fourth-order valence-electron chi connectivity index (χ4n) is 4.29. The first-order valence-electron chi connectivity index (χ1n) is 11.3. The van der Waals surface area contributed by atoms with Crippen molar-refractivity contribution in [2.75, 3.05) is 50.9 Å². The van der Waals surface area contributed by atoms with Gasteiger partial charge in [0.1, 0.15) is 17.1 Å². The van der Waals surface area contributed by atoms with Crippen molar-refractivity contribution in [2.45, 2.75) is 32.7 Å². The van der Waals surface area contributed by atoms with E-state index in [9.17, 15) is 4.79 Å². The van der Waals surface area contributed by atoms with Gasteiger partial charge in [-0.3, -0.25) is 14.6 Å². The Hall–Kier alpha value is -2.56. The molecule has 5 rings (SSSR count). The molecule has 1 fully saturated rings. The number of aryl methyl sites for hydroxylation is 1. The van der Waals surface area contributed by atoms with Crippen molar-refractivity contribution in [3.8, 4) is 5.75 Å². The Balaban J connectivity index is 1.42. The molecular formula is C22H28N6O3S. The fraction of sp³-hybridized carbons (Fsp3) is 0.545. The number of ether oxygens (including phenoxy) is 2. The lowest BCUT2D eigenvalue weighted by molar-refractivity contribution is 0.0376. The van der Waals surface area contributed by atoms with Gasteiger partial charge in [-0.1, -0.05) is 17.4 Å². The topological polar surface area (TPSA) is 85.6 Å². The van der Waals surface area contributed by atoms with Gasteiger partial charge in [0.25, 0.3) is 5.91 Å². The molecule has 0 atom stereocenters. The highest BCUT2D eigenvalue weighted by molar-refractivity contribution is 7.22. The van der Waals surface area contributed by atoms with Crippen molar-refractivity contribution in [2.24, 2.45) is 0 Å². The number of para-hydroxylation sites is 1. The molecule has 2 aliphatic rings. The quantitative estimate of drug-likeness (QED) is 0.515. The van der Waals surface area contributed by atoms with Crippen LogP contribution in [0.3, 0.4) is 0 Å². The van der Waals surface area contributed by atoms with Crippen LogP contribution in [-0.4, -0.2) is 76.6 Å². The number of hydrogen-bond donors (Lipinski definition) is 0. The molecule has 1 amide bonds. The van der Waals surface area contributed by atoms with E-state index in [-0.39, 0.29) is 5.91 Å². The smallest absolute Gasteiger partial charge is 0.298 e. The van der Waals surface area contributed by atoms with Crippen LogP contribution in [0.1, 0.15) is 36.2 Å². The van der Waals surface area contributed by atoms with E-state index in [1.807, 2.05) is 29.7 Å². The van der Waals surface area contributed by atoms with Crippen LogP contribution in [0.25, 0.3) is 10.2 Å². The number of carbonyl (C=O) groups is 1. The van der Waals surface area contributed by atoms with E-state index < -0.39 is 0 Å². The molecule has 1 saturated heterocycles. The molecule has 2 aliphatic heterocycles. The Kier molecular flexibility index (Phi) is 6.33. The van der Waals surface area contributed by atoms with Crippen LogP contribution >= 0.6 is 11.3 Å². The number of fused-ring (bicyclic) bond motifs is 2. The maximum Gasteiger partial charge on any atom is 0.298 e. The highest BCUT2D eigenvalue weighted by Crippen LogP contribution is 2.35. The highest BCUT2D eigenvalue weighted by Gasteiger charge is 2.29. The Morgan fingerprint density at radius 3 is 2.97 bits per heavy atom. The molecule has 9 nitrogen and oxygen atoms in total. The van der Waals surface area contributed by atoms with Gasteiger partial charge in [-0.2, -0.15) is 0 Å². The number of anilines is 1. The van der Waals surface area contributed by atoms with Gasteiger partial charge in [-0.25, -0.2) is 4.98 Å². The zero-order chi connectivity index (χ0) is 21.9. The average Bonchev–Trinajstić information content (AvgIpc) is 3.53. The first-order chi connectivity index (χ1) is 15.7. The van der Waals surface area contributed by atoms with Crippen LogP contribution < -0.4 is 9.64 Å². The molecule has 2 aromatic heterocycles. The van der Waals surface area contributed by atoms with Crippen LogP contribution in [0.15, 0.2) is 18.2 Å². The van der Waals surface area contributed by atoms with Crippen LogP contribution in [0.5, 0.6) is 5.75 Å². The van der Waals surface area contributed by atoms with E-state index >= 15 is 0 Å². The van der Waals surface area contributed by atoms with Crippen molar-refractivity contribution in [1.82, 2.24) is 24.6 Å². The molecule has 0 unspecified atom stereocenters. The van der Waals surface area contributed by atoms with Gasteiger partial charge in [-0.05, 0) is 31.9 Å². The van der Waals surface area contributed by atoms with E-state index in [0.717, 1.165) is 80.4 Å². The summed E-state index contributed by atoms with van der Waals surface area (Å²) in [6.07, 6.45) is 2.72. The van der Waals surface area contributed by atoms with Crippen LogP contribution in [0, 0.1) is 0 Å². The zero-order valence-electron chi connectivity index (χ0n) is 18.3.